The molecule has 5 heteroatoms. The highest BCUT2D eigenvalue weighted by Gasteiger charge is 2.13. The summed E-state index contributed by atoms with van der Waals surface area (Å²) in [4.78, 5) is 8.66. The maximum atomic E-state index is 5.56. The molecule has 0 amide bonds. The number of rotatable bonds is 4. The molecule has 4 aromatic heterocycles. The molecule has 0 saturated heterocycles. The van der Waals surface area contributed by atoms with Gasteiger partial charge in [0.2, 0.25) is 0 Å². The minimum Gasteiger partial charge on any atom is -0.472 e. The molecular formula is C17H13N3O2. The van der Waals surface area contributed by atoms with Crippen molar-refractivity contribution in [2.75, 3.05) is 0 Å². The minimum absolute atomic E-state index is 0.715. The lowest BCUT2D eigenvalue weighted by atomic mass is 10.0. The highest BCUT2D eigenvalue weighted by molar-refractivity contribution is 5.78. The van der Waals surface area contributed by atoms with Gasteiger partial charge < -0.3 is 13.4 Å². The van der Waals surface area contributed by atoms with Crippen LogP contribution < -0.4 is 0 Å². The Bertz CT molecular complexity index is 848. The van der Waals surface area contributed by atoms with Crippen molar-refractivity contribution < 1.29 is 8.83 Å². The second-order valence-electron chi connectivity index (χ2n) is 4.96. The lowest BCUT2D eigenvalue weighted by Crippen LogP contribution is -1.99. The van der Waals surface area contributed by atoms with Crippen LogP contribution >= 0.6 is 0 Å². The summed E-state index contributed by atoms with van der Waals surface area (Å²) in [5, 5.41) is 0. The van der Waals surface area contributed by atoms with Crippen molar-refractivity contribution in [3.63, 3.8) is 0 Å². The summed E-state index contributed by atoms with van der Waals surface area (Å²) in [6.07, 6.45) is 12.3. The van der Waals surface area contributed by atoms with E-state index in [-0.39, 0.29) is 0 Å². The van der Waals surface area contributed by atoms with Crippen molar-refractivity contribution >= 4 is 0 Å². The molecular weight excluding hydrogens is 278 g/mol. The molecule has 0 aromatic carbocycles. The standard InChI is InChI=1S/C17H13N3O2/c1-2-16(22-6-1)15-8-13(10-20-5-4-18-12-20)9-19-17(15)14-3-7-21-11-14/h1-9,11-12H,10H2. The predicted molar refractivity (Wildman–Crippen MR) is 81.0 cm³/mol. The van der Waals surface area contributed by atoms with Crippen LogP contribution in [-0.4, -0.2) is 14.5 Å². The van der Waals surface area contributed by atoms with Crippen LogP contribution in [0.1, 0.15) is 5.56 Å². The SMILES string of the molecule is c1coc(-c2cc(Cn3ccnc3)cnc2-c2ccoc2)c1. The molecule has 0 spiro atoms. The Morgan fingerprint density at radius 2 is 2.18 bits per heavy atom. The Morgan fingerprint density at radius 3 is 2.91 bits per heavy atom. The molecule has 0 N–H and O–H groups in total. The zero-order valence-corrected chi connectivity index (χ0v) is 11.7. The summed E-state index contributed by atoms with van der Waals surface area (Å²) >= 11 is 0. The number of aromatic nitrogens is 3. The van der Waals surface area contributed by atoms with Gasteiger partial charge in [0, 0.05) is 29.7 Å². The van der Waals surface area contributed by atoms with E-state index in [0.717, 1.165) is 28.1 Å². The average Bonchev–Trinajstić information content (AvgIpc) is 3.30. The minimum atomic E-state index is 0.715. The van der Waals surface area contributed by atoms with Crippen LogP contribution in [0.25, 0.3) is 22.6 Å². The van der Waals surface area contributed by atoms with Gasteiger partial charge in [-0.25, -0.2) is 4.98 Å². The van der Waals surface area contributed by atoms with E-state index in [1.165, 1.54) is 0 Å². The summed E-state index contributed by atoms with van der Waals surface area (Å²) in [5.74, 6) is 0.788. The fourth-order valence-electron chi connectivity index (χ4n) is 2.43. The van der Waals surface area contributed by atoms with E-state index in [4.69, 9.17) is 8.83 Å². The maximum Gasteiger partial charge on any atom is 0.136 e. The second-order valence-corrected chi connectivity index (χ2v) is 4.96. The summed E-state index contributed by atoms with van der Waals surface area (Å²) in [6, 6.07) is 7.79. The Hall–Kier alpha value is -3.08. The molecule has 4 aromatic rings. The van der Waals surface area contributed by atoms with Crippen LogP contribution in [0.4, 0.5) is 0 Å². The number of furan rings is 2. The molecule has 4 rings (SSSR count). The quantitative estimate of drug-likeness (QED) is 0.573. The molecule has 0 fully saturated rings. The molecule has 0 aliphatic rings. The lowest BCUT2D eigenvalue weighted by Gasteiger charge is -2.08. The largest absolute Gasteiger partial charge is 0.472 e. The first kappa shape index (κ1) is 12.6. The number of pyridine rings is 1. The van der Waals surface area contributed by atoms with E-state index in [0.29, 0.717) is 6.54 Å². The van der Waals surface area contributed by atoms with Gasteiger partial charge in [-0.15, -0.1) is 0 Å². The van der Waals surface area contributed by atoms with Gasteiger partial charge in [0.05, 0.1) is 37.4 Å². The third-order valence-electron chi connectivity index (χ3n) is 3.45. The first-order valence-electron chi connectivity index (χ1n) is 6.91. The van der Waals surface area contributed by atoms with E-state index in [1.54, 1.807) is 31.3 Å². The molecule has 5 nitrogen and oxygen atoms in total. The number of nitrogens with zero attached hydrogens (tertiary/aromatic N) is 3. The van der Waals surface area contributed by atoms with Crippen LogP contribution in [0.2, 0.25) is 0 Å². The summed E-state index contributed by atoms with van der Waals surface area (Å²) < 4.78 is 12.7. The number of hydrogen-bond donors (Lipinski definition) is 0. The van der Waals surface area contributed by atoms with Crippen molar-refractivity contribution in [2.24, 2.45) is 0 Å². The van der Waals surface area contributed by atoms with Crippen LogP contribution in [0, 0.1) is 0 Å². The fraction of sp³-hybridized carbons (Fsp3) is 0.0588. The van der Waals surface area contributed by atoms with Gasteiger partial charge in [0.1, 0.15) is 5.76 Å². The van der Waals surface area contributed by atoms with E-state index < -0.39 is 0 Å². The Labute approximate surface area is 126 Å². The highest BCUT2D eigenvalue weighted by atomic mass is 16.3. The molecule has 4 heterocycles. The van der Waals surface area contributed by atoms with E-state index in [9.17, 15) is 0 Å². The maximum absolute atomic E-state index is 5.56. The molecule has 22 heavy (non-hydrogen) atoms. The number of hydrogen-bond acceptors (Lipinski definition) is 4. The van der Waals surface area contributed by atoms with Gasteiger partial charge in [0.25, 0.3) is 0 Å². The molecule has 0 bridgehead atoms. The van der Waals surface area contributed by atoms with Gasteiger partial charge in [-0.1, -0.05) is 0 Å². The molecule has 0 aliphatic carbocycles. The van der Waals surface area contributed by atoms with Crippen molar-refractivity contribution in [3.8, 4) is 22.6 Å². The van der Waals surface area contributed by atoms with Gasteiger partial charge in [-0.2, -0.15) is 0 Å². The first-order chi connectivity index (χ1) is 10.9. The van der Waals surface area contributed by atoms with Crippen molar-refractivity contribution in [1.82, 2.24) is 14.5 Å². The van der Waals surface area contributed by atoms with Crippen LogP contribution in [0.15, 0.2) is 76.8 Å². The van der Waals surface area contributed by atoms with Crippen LogP contribution in [0.3, 0.4) is 0 Å². The third-order valence-corrected chi connectivity index (χ3v) is 3.45. The first-order valence-corrected chi connectivity index (χ1v) is 6.91. The Morgan fingerprint density at radius 1 is 1.18 bits per heavy atom. The monoisotopic (exact) mass is 291 g/mol. The molecule has 108 valence electrons. The molecule has 0 atom stereocenters. The normalized spacial score (nSPS) is 10.9. The predicted octanol–water partition coefficient (Wildman–Crippen LogP) is 3.85. The molecule has 0 aliphatic heterocycles. The Balaban J connectivity index is 1.80. The molecule has 0 unspecified atom stereocenters. The smallest absolute Gasteiger partial charge is 0.136 e. The third kappa shape index (κ3) is 2.33. The van der Waals surface area contributed by atoms with Crippen molar-refractivity contribution in [2.45, 2.75) is 6.54 Å². The van der Waals surface area contributed by atoms with Gasteiger partial charge in [0.15, 0.2) is 0 Å². The van der Waals surface area contributed by atoms with Gasteiger partial charge in [-0.3, -0.25) is 4.98 Å². The number of imidazole rings is 1. The zero-order chi connectivity index (χ0) is 14.8. The average molecular weight is 291 g/mol. The summed E-state index contributed by atoms with van der Waals surface area (Å²) in [5.41, 5.74) is 3.80. The second kappa shape index (κ2) is 5.37. The highest BCUT2D eigenvalue weighted by Crippen LogP contribution is 2.31. The van der Waals surface area contributed by atoms with Crippen LogP contribution in [0.5, 0.6) is 0 Å². The summed E-state index contributed by atoms with van der Waals surface area (Å²) in [7, 11) is 0. The van der Waals surface area contributed by atoms with E-state index in [1.807, 2.05) is 35.2 Å². The van der Waals surface area contributed by atoms with Gasteiger partial charge in [-0.05, 0) is 29.8 Å². The molecule has 0 radical (unpaired) electrons. The Kier molecular flexibility index (Phi) is 3.08. The fourth-order valence-corrected chi connectivity index (χ4v) is 2.43. The zero-order valence-electron chi connectivity index (χ0n) is 11.7. The van der Waals surface area contributed by atoms with Crippen molar-refractivity contribution in [1.29, 1.82) is 0 Å². The van der Waals surface area contributed by atoms with E-state index >= 15 is 0 Å². The van der Waals surface area contributed by atoms with Crippen molar-refractivity contribution in [3.05, 3.63) is 73.5 Å². The lowest BCUT2D eigenvalue weighted by molar-refractivity contribution is 0.568. The molecule has 0 saturated carbocycles. The summed E-state index contributed by atoms with van der Waals surface area (Å²) in [6.45, 7) is 0.715. The topological polar surface area (TPSA) is 57.0 Å². The van der Waals surface area contributed by atoms with E-state index in [2.05, 4.69) is 16.0 Å². The van der Waals surface area contributed by atoms with Gasteiger partial charge >= 0.3 is 0 Å². The van der Waals surface area contributed by atoms with Crippen LogP contribution in [-0.2, 0) is 6.54 Å².